The average molecular weight is 142 g/mol. The molecule has 0 aromatic carbocycles. The molecule has 0 atom stereocenters. The first-order valence-electron chi connectivity index (χ1n) is 3.02. The Morgan fingerprint density at radius 2 is 1.60 bits per heavy atom. The normalized spacial score (nSPS) is 7.10. The van der Waals surface area contributed by atoms with Gasteiger partial charge in [0.2, 0.25) is 0 Å². The molecule has 0 aliphatic heterocycles. The second kappa shape index (κ2) is 8.15. The molecule has 0 aromatic heterocycles. The van der Waals surface area contributed by atoms with Gasteiger partial charge in [-0.1, -0.05) is 31.4 Å². The first kappa shape index (κ1) is 11.9. The van der Waals surface area contributed by atoms with Crippen LogP contribution in [0.1, 0.15) is 13.8 Å². The third-order valence-corrected chi connectivity index (χ3v) is 0.577. The van der Waals surface area contributed by atoms with Crippen molar-refractivity contribution >= 4 is 0 Å². The molecule has 0 fully saturated rings. The summed E-state index contributed by atoms with van der Waals surface area (Å²) in [4.78, 5) is 0. The Hall–Kier alpha value is -0.850. The molecule has 0 aliphatic rings. The van der Waals surface area contributed by atoms with Crippen LogP contribution in [0.25, 0.3) is 0 Å². The summed E-state index contributed by atoms with van der Waals surface area (Å²) >= 11 is 0. The van der Waals surface area contributed by atoms with E-state index in [-0.39, 0.29) is 6.67 Å². The van der Waals surface area contributed by atoms with Gasteiger partial charge in [-0.05, 0) is 19.4 Å². The van der Waals surface area contributed by atoms with E-state index in [9.17, 15) is 4.39 Å². The van der Waals surface area contributed by atoms with Gasteiger partial charge in [-0.25, -0.2) is 4.39 Å². The summed E-state index contributed by atoms with van der Waals surface area (Å²) in [5.74, 6) is 0. The summed E-state index contributed by atoms with van der Waals surface area (Å²) in [6, 6.07) is 0. The molecule has 0 nitrogen and oxygen atoms in total. The lowest BCUT2D eigenvalue weighted by Gasteiger charge is -1.76. The molecular weight excluding hydrogens is 127 g/mol. The highest BCUT2D eigenvalue weighted by Gasteiger charge is 1.71. The minimum atomic E-state index is -0.389. The molecule has 0 amide bonds. The highest BCUT2D eigenvalue weighted by atomic mass is 19.1. The zero-order chi connectivity index (χ0) is 8.57. The fourth-order valence-electron chi connectivity index (χ4n) is 0. The van der Waals surface area contributed by atoms with Gasteiger partial charge in [0, 0.05) is 0 Å². The lowest BCUT2D eigenvalue weighted by molar-refractivity contribution is 0.544. The van der Waals surface area contributed by atoms with Crippen molar-refractivity contribution in [3.05, 3.63) is 37.0 Å². The SMILES string of the molecule is C=C(C)CF.C=CC(=C)C. The Morgan fingerprint density at radius 1 is 1.40 bits per heavy atom. The van der Waals surface area contributed by atoms with Crippen LogP contribution in [0.5, 0.6) is 0 Å². The second-order valence-corrected chi connectivity index (χ2v) is 2.14. The van der Waals surface area contributed by atoms with Crippen molar-refractivity contribution in [2.45, 2.75) is 13.8 Å². The Morgan fingerprint density at radius 3 is 1.60 bits per heavy atom. The standard InChI is InChI=1S/C5H8.C4H7F/c1-4-5(2)3;1-4(2)3-5/h4H,1-2H2,3H3;1,3H2,2H3. The molecule has 0 N–H and O–H groups in total. The van der Waals surface area contributed by atoms with Crippen LogP contribution in [-0.2, 0) is 0 Å². The molecular formula is C9H15F. The van der Waals surface area contributed by atoms with Gasteiger partial charge >= 0.3 is 0 Å². The quantitative estimate of drug-likeness (QED) is 0.410. The number of halogens is 1. The topological polar surface area (TPSA) is 0 Å². The number of rotatable bonds is 2. The maximum absolute atomic E-state index is 11.0. The van der Waals surface area contributed by atoms with Gasteiger partial charge in [-0.15, -0.1) is 0 Å². The Kier molecular flexibility index (Phi) is 9.69. The number of alkyl halides is 1. The summed E-state index contributed by atoms with van der Waals surface area (Å²) in [7, 11) is 0. The fraction of sp³-hybridized carbons (Fsp3) is 0.333. The maximum Gasteiger partial charge on any atom is 0.110 e. The molecule has 0 rings (SSSR count). The molecule has 1 heteroatoms. The molecule has 0 spiro atoms. The van der Waals surface area contributed by atoms with Gasteiger partial charge in [0.25, 0.3) is 0 Å². The molecule has 0 aliphatic carbocycles. The molecule has 0 saturated heterocycles. The summed E-state index contributed by atoms with van der Waals surface area (Å²) in [5, 5.41) is 0. The predicted octanol–water partition coefficient (Wildman–Crippen LogP) is 3.28. The molecule has 0 heterocycles. The van der Waals surface area contributed by atoms with Crippen LogP contribution in [-0.4, -0.2) is 6.67 Å². The van der Waals surface area contributed by atoms with Gasteiger partial charge in [0.15, 0.2) is 0 Å². The van der Waals surface area contributed by atoms with E-state index in [0.717, 1.165) is 5.57 Å². The average Bonchev–Trinajstić information content (AvgIpc) is 1.89. The van der Waals surface area contributed by atoms with Gasteiger partial charge in [0.05, 0.1) is 0 Å². The van der Waals surface area contributed by atoms with Crippen LogP contribution in [0.2, 0.25) is 0 Å². The van der Waals surface area contributed by atoms with Gasteiger partial charge in [0.1, 0.15) is 6.67 Å². The Balaban J connectivity index is 0. The van der Waals surface area contributed by atoms with E-state index in [2.05, 4.69) is 19.7 Å². The van der Waals surface area contributed by atoms with Crippen LogP contribution < -0.4 is 0 Å². The third-order valence-electron chi connectivity index (χ3n) is 0.577. The van der Waals surface area contributed by atoms with E-state index < -0.39 is 0 Å². The number of hydrogen-bond acceptors (Lipinski definition) is 0. The first-order valence-corrected chi connectivity index (χ1v) is 3.02. The van der Waals surface area contributed by atoms with Crippen molar-refractivity contribution in [1.82, 2.24) is 0 Å². The lowest BCUT2D eigenvalue weighted by Crippen LogP contribution is -1.67. The highest BCUT2D eigenvalue weighted by molar-refractivity contribution is 5.05. The fourth-order valence-corrected chi connectivity index (χ4v) is 0. The molecule has 0 bridgehead atoms. The van der Waals surface area contributed by atoms with Crippen molar-refractivity contribution < 1.29 is 4.39 Å². The molecule has 58 valence electrons. The zero-order valence-electron chi connectivity index (χ0n) is 6.78. The summed E-state index contributed by atoms with van der Waals surface area (Å²) in [6.45, 7) is 13.5. The van der Waals surface area contributed by atoms with Crippen LogP contribution in [0, 0.1) is 0 Å². The summed E-state index contributed by atoms with van der Waals surface area (Å²) in [5.41, 5.74) is 1.61. The van der Waals surface area contributed by atoms with Crippen LogP contribution in [0.3, 0.4) is 0 Å². The molecule has 0 unspecified atom stereocenters. The summed E-state index contributed by atoms with van der Waals surface area (Å²) < 4.78 is 11.0. The predicted molar refractivity (Wildman–Crippen MR) is 45.8 cm³/mol. The minimum absolute atomic E-state index is 0.389. The van der Waals surface area contributed by atoms with E-state index in [1.54, 1.807) is 13.0 Å². The van der Waals surface area contributed by atoms with Crippen LogP contribution in [0.4, 0.5) is 4.39 Å². The first-order chi connectivity index (χ1) is 4.54. The van der Waals surface area contributed by atoms with Crippen molar-refractivity contribution in [3.8, 4) is 0 Å². The molecule has 0 radical (unpaired) electrons. The molecule has 10 heavy (non-hydrogen) atoms. The van der Waals surface area contributed by atoms with E-state index >= 15 is 0 Å². The summed E-state index contributed by atoms with van der Waals surface area (Å²) in [6.07, 6.45) is 1.72. The van der Waals surface area contributed by atoms with E-state index in [4.69, 9.17) is 0 Å². The Labute approximate surface area is 62.8 Å². The van der Waals surface area contributed by atoms with E-state index in [1.165, 1.54) is 0 Å². The smallest absolute Gasteiger partial charge is 0.110 e. The van der Waals surface area contributed by atoms with Crippen molar-refractivity contribution in [2.24, 2.45) is 0 Å². The van der Waals surface area contributed by atoms with Crippen molar-refractivity contribution in [2.75, 3.05) is 6.67 Å². The Bertz CT molecular complexity index is 123. The number of hydrogen-bond donors (Lipinski definition) is 0. The van der Waals surface area contributed by atoms with Crippen molar-refractivity contribution in [3.63, 3.8) is 0 Å². The zero-order valence-corrected chi connectivity index (χ0v) is 6.78. The largest absolute Gasteiger partial charge is 0.246 e. The van der Waals surface area contributed by atoms with E-state index in [1.807, 2.05) is 6.92 Å². The molecule has 0 aromatic rings. The van der Waals surface area contributed by atoms with Gasteiger partial charge in [-0.2, -0.15) is 0 Å². The molecule has 0 saturated carbocycles. The second-order valence-electron chi connectivity index (χ2n) is 2.14. The minimum Gasteiger partial charge on any atom is -0.246 e. The van der Waals surface area contributed by atoms with Crippen LogP contribution in [0.15, 0.2) is 37.0 Å². The third kappa shape index (κ3) is 27.3. The maximum atomic E-state index is 11.0. The number of allylic oxidation sites excluding steroid dienone is 3. The van der Waals surface area contributed by atoms with Gasteiger partial charge < -0.3 is 0 Å². The van der Waals surface area contributed by atoms with E-state index in [0.29, 0.717) is 5.57 Å². The monoisotopic (exact) mass is 142 g/mol. The van der Waals surface area contributed by atoms with Crippen LogP contribution >= 0.6 is 0 Å². The highest BCUT2D eigenvalue weighted by Crippen LogP contribution is 1.82. The lowest BCUT2D eigenvalue weighted by atomic mass is 10.4. The van der Waals surface area contributed by atoms with Gasteiger partial charge in [-0.3, -0.25) is 0 Å². The van der Waals surface area contributed by atoms with Crippen molar-refractivity contribution in [1.29, 1.82) is 0 Å².